The summed E-state index contributed by atoms with van der Waals surface area (Å²) in [6.07, 6.45) is 1.80. The van der Waals surface area contributed by atoms with E-state index in [-0.39, 0.29) is 6.61 Å². The van der Waals surface area contributed by atoms with Gasteiger partial charge in [-0.1, -0.05) is 84.6 Å². The molecule has 0 aromatic heterocycles. The number of alkyl halides is 3. The Kier molecular flexibility index (Phi) is 7.89. The molecule has 1 unspecified atom stereocenters. The molecule has 126 valence electrons. The topological polar surface area (TPSA) is 46.6 Å². The lowest BCUT2D eigenvalue weighted by Gasteiger charge is -2.29. The first-order chi connectivity index (χ1) is 10.8. The van der Waals surface area contributed by atoms with E-state index in [9.17, 15) is 9.59 Å². The fourth-order valence-corrected chi connectivity index (χ4v) is 2.22. The van der Waals surface area contributed by atoms with Crippen LogP contribution in [-0.4, -0.2) is 26.7 Å². The zero-order valence-electron chi connectivity index (χ0n) is 12.7. The zero-order chi connectivity index (χ0) is 17.5. The number of imide groups is 1. The van der Waals surface area contributed by atoms with E-state index >= 15 is 0 Å². The third kappa shape index (κ3) is 6.05. The molecule has 0 aliphatic heterocycles. The van der Waals surface area contributed by atoms with Crippen LogP contribution in [0.1, 0.15) is 25.3 Å². The van der Waals surface area contributed by atoms with Gasteiger partial charge in [-0.25, -0.2) is 9.69 Å². The molecule has 4 nitrogen and oxygen atoms in total. The largest absolute Gasteiger partial charge is 0.444 e. The van der Waals surface area contributed by atoms with Crippen LogP contribution in [0.4, 0.5) is 4.79 Å². The number of halogens is 3. The molecule has 7 heteroatoms. The lowest BCUT2D eigenvalue weighted by atomic mass is 10.1. The minimum absolute atomic E-state index is 0.0132. The first-order valence-electron chi connectivity index (χ1n) is 7.04. The summed E-state index contributed by atoms with van der Waals surface area (Å²) in [6.45, 7) is 5.55. The van der Waals surface area contributed by atoms with Crippen LogP contribution in [0.3, 0.4) is 0 Å². The number of amides is 2. The maximum Gasteiger partial charge on any atom is 0.417 e. The van der Waals surface area contributed by atoms with E-state index in [0.717, 1.165) is 10.5 Å². The van der Waals surface area contributed by atoms with Crippen LogP contribution >= 0.6 is 34.8 Å². The average molecular weight is 379 g/mol. The molecule has 1 atom stereocenters. The molecule has 0 aliphatic carbocycles. The van der Waals surface area contributed by atoms with Gasteiger partial charge in [0.2, 0.25) is 0 Å². The second-order valence-electron chi connectivity index (χ2n) is 4.80. The number of ether oxygens (including phenoxy) is 1. The number of hydrogen-bond donors (Lipinski definition) is 0. The highest BCUT2D eigenvalue weighted by Crippen LogP contribution is 2.30. The van der Waals surface area contributed by atoms with Gasteiger partial charge in [-0.2, -0.15) is 0 Å². The van der Waals surface area contributed by atoms with E-state index in [0.29, 0.717) is 12.8 Å². The summed E-state index contributed by atoms with van der Waals surface area (Å²) < 4.78 is 2.93. The van der Waals surface area contributed by atoms with Gasteiger partial charge in [0.05, 0.1) is 6.04 Å². The lowest BCUT2D eigenvalue weighted by molar-refractivity contribution is -0.130. The van der Waals surface area contributed by atoms with E-state index < -0.39 is 21.8 Å². The summed E-state index contributed by atoms with van der Waals surface area (Å²) in [5, 5.41) is 0. The van der Waals surface area contributed by atoms with E-state index in [1.165, 1.54) is 6.08 Å². The molecule has 0 fully saturated rings. The van der Waals surface area contributed by atoms with Crippen LogP contribution in [0.15, 0.2) is 43.0 Å². The maximum atomic E-state index is 12.3. The molecule has 0 saturated heterocycles. The Bertz CT molecular complexity index is 543. The summed E-state index contributed by atoms with van der Waals surface area (Å²) in [5.41, 5.74) is 0.785. The van der Waals surface area contributed by atoms with Crippen molar-refractivity contribution in [3.63, 3.8) is 0 Å². The first kappa shape index (κ1) is 19.8. The number of hydrogen-bond acceptors (Lipinski definition) is 3. The molecular formula is C16H18Cl3NO3. The predicted octanol–water partition coefficient (Wildman–Crippen LogP) is 4.88. The van der Waals surface area contributed by atoms with Gasteiger partial charge in [-0.05, 0) is 12.0 Å². The van der Waals surface area contributed by atoms with Crippen molar-refractivity contribution in [1.82, 2.24) is 4.90 Å². The zero-order valence-corrected chi connectivity index (χ0v) is 14.9. The third-order valence-electron chi connectivity index (χ3n) is 3.05. The minimum atomic E-state index is -2.25. The molecule has 0 radical (unpaired) electrons. The molecule has 0 aliphatic rings. The third-order valence-corrected chi connectivity index (χ3v) is 3.54. The molecule has 1 aromatic carbocycles. The Morgan fingerprint density at radius 2 is 1.91 bits per heavy atom. The molecule has 0 saturated carbocycles. The van der Waals surface area contributed by atoms with Gasteiger partial charge in [0.25, 0.3) is 9.70 Å². The number of nitrogens with zero attached hydrogens (tertiary/aromatic N) is 1. The Balaban J connectivity index is 2.91. The van der Waals surface area contributed by atoms with Crippen LogP contribution in [0.2, 0.25) is 0 Å². The van der Waals surface area contributed by atoms with Crippen LogP contribution in [0, 0.1) is 0 Å². The van der Waals surface area contributed by atoms with Gasteiger partial charge in [0.1, 0.15) is 6.61 Å². The number of carbonyl (C=O) groups excluding carboxylic acids is 2. The summed E-state index contributed by atoms with van der Waals surface area (Å²) in [7, 11) is 0. The molecule has 0 heterocycles. The van der Waals surface area contributed by atoms with Crippen LogP contribution in [0.25, 0.3) is 0 Å². The summed E-state index contributed by atoms with van der Waals surface area (Å²) in [5.74, 6) is -0.959. The predicted molar refractivity (Wildman–Crippen MR) is 92.7 cm³/mol. The summed E-state index contributed by atoms with van der Waals surface area (Å²) in [4.78, 5) is 25.4. The number of carbonyl (C=O) groups is 2. The van der Waals surface area contributed by atoms with Gasteiger partial charge in [-0.3, -0.25) is 4.79 Å². The van der Waals surface area contributed by atoms with Gasteiger partial charge < -0.3 is 4.74 Å². The fraction of sp³-hybridized carbons (Fsp3) is 0.375. The quantitative estimate of drug-likeness (QED) is 0.523. The Morgan fingerprint density at radius 3 is 2.39 bits per heavy atom. The Hall–Kier alpha value is -1.23. The number of rotatable bonds is 6. The highest BCUT2D eigenvalue weighted by molar-refractivity contribution is 6.76. The van der Waals surface area contributed by atoms with E-state index in [1.54, 1.807) is 12.1 Å². The smallest absolute Gasteiger partial charge is 0.417 e. The first-order valence-corrected chi connectivity index (χ1v) is 8.18. The molecular weight excluding hydrogens is 361 g/mol. The van der Waals surface area contributed by atoms with E-state index in [4.69, 9.17) is 39.5 Å². The van der Waals surface area contributed by atoms with Crippen molar-refractivity contribution in [2.45, 2.75) is 36.2 Å². The van der Waals surface area contributed by atoms with Crippen molar-refractivity contribution < 1.29 is 14.3 Å². The van der Waals surface area contributed by atoms with E-state index in [2.05, 4.69) is 6.58 Å². The van der Waals surface area contributed by atoms with Gasteiger partial charge >= 0.3 is 6.09 Å². The van der Waals surface area contributed by atoms with Crippen LogP contribution in [0.5, 0.6) is 0 Å². The average Bonchev–Trinajstić information content (AvgIpc) is 2.52. The fourth-order valence-electron chi connectivity index (χ4n) is 1.94. The second-order valence-corrected chi connectivity index (χ2v) is 7.09. The highest BCUT2D eigenvalue weighted by Gasteiger charge is 2.41. The lowest BCUT2D eigenvalue weighted by Crippen LogP contribution is -2.49. The molecule has 23 heavy (non-hydrogen) atoms. The summed E-state index contributed by atoms with van der Waals surface area (Å²) >= 11 is 16.9. The Morgan fingerprint density at radius 1 is 1.30 bits per heavy atom. The van der Waals surface area contributed by atoms with Crippen molar-refractivity contribution in [2.75, 3.05) is 0 Å². The highest BCUT2D eigenvalue weighted by atomic mass is 35.6. The molecule has 0 bridgehead atoms. The SMILES string of the molecule is C=CC(CCC)N(C(=O)OCc1ccccc1)C(=O)C(Cl)(Cl)Cl. The van der Waals surface area contributed by atoms with Gasteiger partial charge in [-0.15, -0.1) is 6.58 Å². The van der Waals surface area contributed by atoms with Gasteiger partial charge in [0.15, 0.2) is 0 Å². The van der Waals surface area contributed by atoms with Crippen molar-refractivity contribution in [2.24, 2.45) is 0 Å². The Labute approximate surface area is 150 Å². The van der Waals surface area contributed by atoms with Crippen molar-refractivity contribution in [3.8, 4) is 0 Å². The van der Waals surface area contributed by atoms with Crippen LogP contribution in [-0.2, 0) is 16.1 Å². The number of benzene rings is 1. The van der Waals surface area contributed by atoms with E-state index in [1.807, 2.05) is 25.1 Å². The van der Waals surface area contributed by atoms with Crippen molar-refractivity contribution in [3.05, 3.63) is 48.6 Å². The van der Waals surface area contributed by atoms with Crippen LogP contribution < -0.4 is 0 Å². The standard InChI is InChI=1S/C16H18Cl3NO3/c1-3-8-13(4-2)20(14(21)16(17,18)19)15(22)23-11-12-9-6-5-7-10-12/h4-7,9-10,13H,2-3,8,11H2,1H3. The normalized spacial score (nSPS) is 12.3. The summed E-state index contributed by atoms with van der Waals surface area (Å²) in [6, 6.07) is 8.47. The molecule has 0 N–H and O–H groups in total. The van der Waals surface area contributed by atoms with Gasteiger partial charge in [0, 0.05) is 0 Å². The molecule has 1 rings (SSSR count). The molecule has 2 amide bonds. The van der Waals surface area contributed by atoms with Crippen molar-refractivity contribution in [1.29, 1.82) is 0 Å². The van der Waals surface area contributed by atoms with Crippen molar-refractivity contribution >= 4 is 46.8 Å². The molecule has 1 aromatic rings. The second kappa shape index (κ2) is 9.16. The maximum absolute atomic E-state index is 12.3. The minimum Gasteiger partial charge on any atom is -0.444 e. The monoisotopic (exact) mass is 377 g/mol. The molecule has 0 spiro atoms.